The second-order valence-electron chi connectivity index (χ2n) is 5.65. The second kappa shape index (κ2) is 6.18. The summed E-state index contributed by atoms with van der Waals surface area (Å²) in [4.78, 5) is 2.44. The molecule has 0 aliphatic carbocycles. The van der Waals surface area contributed by atoms with Crippen molar-refractivity contribution in [1.82, 2.24) is 4.90 Å². The van der Waals surface area contributed by atoms with Crippen LogP contribution in [-0.2, 0) is 6.54 Å². The third kappa shape index (κ3) is 3.07. The molecular formula is C16H25N3O. The highest BCUT2D eigenvalue weighted by atomic mass is 16.5. The minimum Gasteiger partial charge on any atom is -0.496 e. The Morgan fingerprint density at radius 3 is 2.90 bits per heavy atom. The molecule has 110 valence electrons. The Bertz CT molecular complexity index is 507. The number of hydrogen-bond donors (Lipinski definition) is 2. The van der Waals surface area contributed by atoms with E-state index in [1.807, 2.05) is 12.1 Å². The van der Waals surface area contributed by atoms with E-state index in [1.54, 1.807) is 7.11 Å². The van der Waals surface area contributed by atoms with Crippen LogP contribution in [0.25, 0.3) is 0 Å². The molecule has 1 aliphatic heterocycles. The summed E-state index contributed by atoms with van der Waals surface area (Å²) < 4.78 is 5.49. The van der Waals surface area contributed by atoms with E-state index in [0.717, 1.165) is 42.3 Å². The smallest absolute Gasteiger partial charge is 0.125 e. The standard InChI is InChI=1S/C16H25N3O/c1-11(2)7-8-19-10-13-15(20-4)6-5-14(17)16(13)18-9-12(19)3/h5-7,12,18H,8-10,17H2,1-4H3/t12-/m0/s1. The highest BCUT2D eigenvalue weighted by Crippen LogP contribution is 2.35. The lowest BCUT2D eigenvalue weighted by molar-refractivity contribution is 0.233. The van der Waals surface area contributed by atoms with Crippen molar-refractivity contribution in [1.29, 1.82) is 0 Å². The van der Waals surface area contributed by atoms with E-state index in [1.165, 1.54) is 5.57 Å². The lowest BCUT2D eigenvalue weighted by Gasteiger charge is -2.25. The van der Waals surface area contributed by atoms with Gasteiger partial charge in [-0.25, -0.2) is 0 Å². The molecule has 0 fully saturated rings. The summed E-state index contributed by atoms with van der Waals surface area (Å²) in [6.45, 7) is 9.19. The van der Waals surface area contributed by atoms with Gasteiger partial charge in [-0.2, -0.15) is 0 Å². The number of allylic oxidation sites excluding steroid dienone is 1. The fraction of sp³-hybridized carbons (Fsp3) is 0.500. The van der Waals surface area contributed by atoms with Gasteiger partial charge in [0.25, 0.3) is 0 Å². The molecule has 0 aromatic heterocycles. The molecule has 0 bridgehead atoms. The predicted octanol–water partition coefficient (Wildman–Crippen LogP) is 2.86. The maximum atomic E-state index is 6.10. The first-order valence-electron chi connectivity index (χ1n) is 7.09. The Labute approximate surface area is 121 Å². The topological polar surface area (TPSA) is 50.5 Å². The molecule has 0 saturated heterocycles. The quantitative estimate of drug-likeness (QED) is 0.658. The molecule has 20 heavy (non-hydrogen) atoms. The molecule has 4 heteroatoms. The van der Waals surface area contributed by atoms with Gasteiger partial charge in [-0.05, 0) is 32.9 Å². The summed E-state index contributed by atoms with van der Waals surface area (Å²) in [6, 6.07) is 4.30. The number of hydrogen-bond acceptors (Lipinski definition) is 4. The van der Waals surface area contributed by atoms with Gasteiger partial charge in [-0.15, -0.1) is 0 Å². The predicted molar refractivity (Wildman–Crippen MR) is 85.2 cm³/mol. The van der Waals surface area contributed by atoms with E-state index in [2.05, 4.69) is 37.1 Å². The van der Waals surface area contributed by atoms with Gasteiger partial charge in [0, 0.05) is 31.2 Å². The Kier molecular flexibility index (Phi) is 4.55. The molecule has 2 rings (SSSR count). The van der Waals surface area contributed by atoms with Crippen LogP contribution >= 0.6 is 0 Å². The molecule has 1 aromatic carbocycles. The summed E-state index contributed by atoms with van der Waals surface area (Å²) in [5.74, 6) is 0.901. The van der Waals surface area contributed by atoms with Crippen molar-refractivity contribution in [2.75, 3.05) is 31.2 Å². The number of fused-ring (bicyclic) bond motifs is 1. The third-order valence-corrected chi connectivity index (χ3v) is 3.81. The Morgan fingerprint density at radius 1 is 1.50 bits per heavy atom. The molecular weight excluding hydrogens is 250 g/mol. The van der Waals surface area contributed by atoms with Gasteiger partial charge >= 0.3 is 0 Å². The Hall–Kier alpha value is -1.68. The zero-order chi connectivity index (χ0) is 14.7. The summed E-state index contributed by atoms with van der Waals surface area (Å²) in [6.07, 6.45) is 2.26. The monoisotopic (exact) mass is 275 g/mol. The van der Waals surface area contributed by atoms with Gasteiger partial charge in [0.05, 0.1) is 18.5 Å². The van der Waals surface area contributed by atoms with Crippen LogP contribution in [0.3, 0.4) is 0 Å². The molecule has 1 atom stereocenters. The molecule has 0 saturated carbocycles. The van der Waals surface area contributed by atoms with Crippen molar-refractivity contribution >= 4 is 11.4 Å². The van der Waals surface area contributed by atoms with E-state index in [9.17, 15) is 0 Å². The summed E-state index contributed by atoms with van der Waals surface area (Å²) in [7, 11) is 1.71. The SMILES string of the molecule is COc1ccc(N)c2c1CN(CC=C(C)C)[C@@H](C)CN2. The highest BCUT2D eigenvalue weighted by Gasteiger charge is 2.23. The van der Waals surface area contributed by atoms with Crippen LogP contribution in [0, 0.1) is 0 Å². The van der Waals surface area contributed by atoms with Gasteiger partial charge in [0.2, 0.25) is 0 Å². The first-order valence-corrected chi connectivity index (χ1v) is 7.09. The second-order valence-corrected chi connectivity index (χ2v) is 5.65. The van der Waals surface area contributed by atoms with Gasteiger partial charge < -0.3 is 15.8 Å². The molecule has 0 unspecified atom stereocenters. The molecule has 4 nitrogen and oxygen atoms in total. The Morgan fingerprint density at radius 2 is 2.25 bits per heavy atom. The average Bonchev–Trinajstić information content (AvgIpc) is 2.57. The number of nitrogens with one attached hydrogen (secondary N) is 1. The number of rotatable bonds is 3. The highest BCUT2D eigenvalue weighted by molar-refractivity contribution is 5.74. The maximum absolute atomic E-state index is 6.10. The van der Waals surface area contributed by atoms with E-state index in [-0.39, 0.29) is 0 Å². The Balaban J connectivity index is 2.34. The number of methoxy groups -OCH3 is 1. The van der Waals surface area contributed by atoms with Crippen LogP contribution in [-0.4, -0.2) is 31.1 Å². The number of anilines is 2. The van der Waals surface area contributed by atoms with Crippen LogP contribution in [0.1, 0.15) is 26.3 Å². The van der Waals surface area contributed by atoms with Crippen molar-refractivity contribution < 1.29 is 4.74 Å². The molecule has 0 radical (unpaired) electrons. The van der Waals surface area contributed by atoms with E-state index >= 15 is 0 Å². The average molecular weight is 275 g/mol. The first kappa shape index (κ1) is 14.7. The van der Waals surface area contributed by atoms with Crippen molar-refractivity contribution in [2.45, 2.75) is 33.4 Å². The zero-order valence-corrected chi connectivity index (χ0v) is 12.9. The summed E-state index contributed by atoms with van der Waals surface area (Å²) in [5.41, 5.74) is 10.4. The maximum Gasteiger partial charge on any atom is 0.125 e. The first-order chi connectivity index (χ1) is 9.52. The fourth-order valence-corrected chi connectivity index (χ4v) is 2.49. The number of nitrogens with two attached hydrogens (primary N) is 1. The van der Waals surface area contributed by atoms with Crippen molar-refractivity contribution in [3.05, 3.63) is 29.3 Å². The van der Waals surface area contributed by atoms with E-state index in [4.69, 9.17) is 10.5 Å². The molecule has 1 aliphatic rings. The number of nitrogens with zero attached hydrogens (tertiary/aromatic N) is 1. The van der Waals surface area contributed by atoms with Crippen molar-refractivity contribution in [3.63, 3.8) is 0 Å². The normalized spacial score (nSPS) is 18.7. The lowest BCUT2D eigenvalue weighted by Crippen LogP contribution is -2.35. The van der Waals surface area contributed by atoms with Crippen molar-refractivity contribution in [3.8, 4) is 5.75 Å². The summed E-state index contributed by atoms with van der Waals surface area (Å²) >= 11 is 0. The van der Waals surface area contributed by atoms with Crippen LogP contribution < -0.4 is 15.8 Å². The molecule has 0 amide bonds. The minimum absolute atomic E-state index is 0.446. The van der Waals surface area contributed by atoms with Gasteiger partial charge in [0.1, 0.15) is 5.75 Å². The third-order valence-electron chi connectivity index (χ3n) is 3.81. The zero-order valence-electron chi connectivity index (χ0n) is 12.9. The number of nitrogen functional groups attached to an aromatic ring is 1. The lowest BCUT2D eigenvalue weighted by atomic mass is 10.1. The number of ether oxygens (including phenoxy) is 1. The molecule has 3 N–H and O–H groups in total. The van der Waals surface area contributed by atoms with Gasteiger partial charge in [-0.3, -0.25) is 4.90 Å². The number of benzene rings is 1. The molecule has 0 spiro atoms. The minimum atomic E-state index is 0.446. The summed E-state index contributed by atoms with van der Waals surface area (Å²) in [5, 5.41) is 3.47. The van der Waals surface area contributed by atoms with E-state index in [0.29, 0.717) is 6.04 Å². The van der Waals surface area contributed by atoms with Crippen LogP contribution in [0.4, 0.5) is 11.4 Å². The molecule has 1 aromatic rings. The fourth-order valence-electron chi connectivity index (χ4n) is 2.49. The van der Waals surface area contributed by atoms with Crippen LogP contribution in [0.15, 0.2) is 23.8 Å². The van der Waals surface area contributed by atoms with Crippen molar-refractivity contribution in [2.24, 2.45) is 0 Å². The van der Waals surface area contributed by atoms with Crippen LogP contribution in [0.2, 0.25) is 0 Å². The molecule has 1 heterocycles. The van der Waals surface area contributed by atoms with Gasteiger partial charge in [-0.1, -0.05) is 11.6 Å². The largest absolute Gasteiger partial charge is 0.496 e. The van der Waals surface area contributed by atoms with Gasteiger partial charge in [0.15, 0.2) is 0 Å². The van der Waals surface area contributed by atoms with Crippen LogP contribution in [0.5, 0.6) is 5.75 Å². The van der Waals surface area contributed by atoms with E-state index < -0.39 is 0 Å².